The summed E-state index contributed by atoms with van der Waals surface area (Å²) in [5.41, 5.74) is 4.32. The van der Waals surface area contributed by atoms with Gasteiger partial charge in [0.05, 0.1) is 6.42 Å². The van der Waals surface area contributed by atoms with Gasteiger partial charge in [0.2, 0.25) is 5.91 Å². The molecule has 13 heavy (non-hydrogen) atoms. The van der Waals surface area contributed by atoms with Gasteiger partial charge in [-0.3, -0.25) is 4.79 Å². The highest BCUT2D eigenvalue weighted by Crippen LogP contribution is 2.20. The molecule has 1 heterocycles. The molecule has 1 aromatic carbocycles. The standard InChI is InChI=1S/C8H7NO.C3H4/c10-8-5-6-3-1-2-4-7(6)9-8;1-3-2/h1-4H,5H2,(H,9,10);1-2H2. The summed E-state index contributed by atoms with van der Waals surface area (Å²) in [6.07, 6.45) is 0.538. The normalized spacial score (nSPS) is 11.8. The summed E-state index contributed by atoms with van der Waals surface area (Å²) in [4.78, 5) is 10.8. The van der Waals surface area contributed by atoms with Crippen LogP contribution in [0.15, 0.2) is 43.2 Å². The van der Waals surface area contributed by atoms with E-state index in [0.717, 1.165) is 11.3 Å². The Morgan fingerprint density at radius 2 is 1.92 bits per heavy atom. The Balaban J connectivity index is 0.000000251. The smallest absolute Gasteiger partial charge is 0.228 e. The molecule has 1 aliphatic rings. The maximum absolute atomic E-state index is 10.8. The van der Waals surface area contributed by atoms with Crippen molar-refractivity contribution in [1.82, 2.24) is 0 Å². The van der Waals surface area contributed by atoms with Crippen LogP contribution in [0.2, 0.25) is 0 Å². The van der Waals surface area contributed by atoms with E-state index < -0.39 is 0 Å². The average molecular weight is 173 g/mol. The number of hydrogen-bond donors (Lipinski definition) is 1. The van der Waals surface area contributed by atoms with Crippen LogP contribution in [0.3, 0.4) is 0 Å². The van der Waals surface area contributed by atoms with Crippen LogP contribution in [-0.4, -0.2) is 5.91 Å². The molecule has 0 aromatic heterocycles. The Morgan fingerprint density at radius 1 is 1.31 bits per heavy atom. The van der Waals surface area contributed by atoms with Crippen LogP contribution in [0, 0.1) is 0 Å². The molecule has 1 amide bonds. The van der Waals surface area contributed by atoms with E-state index in [1.165, 1.54) is 0 Å². The second kappa shape index (κ2) is 4.29. The number of amides is 1. The molecular formula is C11H11NO. The van der Waals surface area contributed by atoms with E-state index in [-0.39, 0.29) is 5.91 Å². The van der Waals surface area contributed by atoms with E-state index in [1.54, 1.807) is 0 Å². The third-order valence-electron chi connectivity index (χ3n) is 1.64. The highest BCUT2D eigenvalue weighted by atomic mass is 16.1. The van der Waals surface area contributed by atoms with E-state index in [9.17, 15) is 4.79 Å². The van der Waals surface area contributed by atoms with Crippen molar-refractivity contribution in [1.29, 1.82) is 0 Å². The van der Waals surface area contributed by atoms with Gasteiger partial charge in [0, 0.05) is 5.69 Å². The Hall–Kier alpha value is -1.79. The Bertz CT molecular complexity index is 322. The van der Waals surface area contributed by atoms with Crippen molar-refractivity contribution >= 4 is 11.6 Å². The lowest BCUT2D eigenvalue weighted by Crippen LogP contribution is -2.03. The van der Waals surface area contributed by atoms with Crippen LogP contribution in [0.25, 0.3) is 0 Å². The van der Waals surface area contributed by atoms with E-state index >= 15 is 0 Å². The fourth-order valence-electron chi connectivity index (χ4n) is 1.16. The summed E-state index contributed by atoms with van der Waals surface area (Å²) in [5, 5.41) is 2.76. The largest absolute Gasteiger partial charge is 0.326 e. The Kier molecular flexibility index (Phi) is 3.07. The molecule has 0 unspecified atom stereocenters. The van der Waals surface area contributed by atoms with Crippen LogP contribution in [0.4, 0.5) is 5.69 Å². The molecule has 2 nitrogen and oxygen atoms in total. The van der Waals surface area contributed by atoms with Gasteiger partial charge in [-0.1, -0.05) is 31.4 Å². The van der Waals surface area contributed by atoms with Crippen LogP contribution < -0.4 is 5.32 Å². The predicted octanol–water partition coefficient (Wildman–Crippen LogP) is 2.14. The number of anilines is 1. The quantitative estimate of drug-likeness (QED) is 0.598. The van der Waals surface area contributed by atoms with Gasteiger partial charge < -0.3 is 5.32 Å². The van der Waals surface area contributed by atoms with E-state index in [1.807, 2.05) is 24.3 Å². The molecule has 0 aliphatic carbocycles. The Morgan fingerprint density at radius 3 is 2.54 bits per heavy atom. The van der Waals surface area contributed by atoms with Crippen LogP contribution in [0.5, 0.6) is 0 Å². The fourth-order valence-corrected chi connectivity index (χ4v) is 1.16. The zero-order valence-electron chi connectivity index (χ0n) is 7.34. The highest BCUT2D eigenvalue weighted by molar-refractivity contribution is 5.98. The zero-order valence-corrected chi connectivity index (χ0v) is 7.34. The molecule has 2 rings (SSSR count). The first kappa shape index (κ1) is 9.30. The molecule has 0 fully saturated rings. The maximum atomic E-state index is 10.8. The van der Waals surface area contributed by atoms with Gasteiger partial charge in [0.25, 0.3) is 0 Å². The minimum absolute atomic E-state index is 0.0983. The van der Waals surface area contributed by atoms with Crippen LogP contribution in [0.1, 0.15) is 5.56 Å². The third-order valence-corrected chi connectivity index (χ3v) is 1.64. The number of hydrogen-bond acceptors (Lipinski definition) is 1. The van der Waals surface area contributed by atoms with Crippen molar-refractivity contribution < 1.29 is 4.79 Å². The van der Waals surface area contributed by atoms with Crippen molar-refractivity contribution in [2.45, 2.75) is 6.42 Å². The fraction of sp³-hybridized carbons (Fsp3) is 0.0909. The molecule has 1 N–H and O–H groups in total. The molecular weight excluding hydrogens is 162 g/mol. The lowest BCUT2D eigenvalue weighted by atomic mass is 10.2. The van der Waals surface area contributed by atoms with Crippen LogP contribution >= 0.6 is 0 Å². The van der Waals surface area contributed by atoms with E-state index in [4.69, 9.17) is 0 Å². The summed E-state index contributed by atoms with van der Waals surface area (Å²) < 4.78 is 0. The number of carbonyl (C=O) groups excluding carboxylic acids is 1. The summed E-state index contributed by atoms with van der Waals surface area (Å²) in [6.45, 7) is 6.25. The predicted molar refractivity (Wildman–Crippen MR) is 53.5 cm³/mol. The monoisotopic (exact) mass is 173 g/mol. The van der Waals surface area contributed by atoms with E-state index in [2.05, 4.69) is 24.2 Å². The molecule has 0 atom stereocenters. The number of nitrogens with one attached hydrogen (secondary N) is 1. The number of rotatable bonds is 0. The number of benzene rings is 1. The maximum Gasteiger partial charge on any atom is 0.228 e. The van der Waals surface area contributed by atoms with Crippen molar-refractivity contribution in [2.75, 3.05) is 5.32 Å². The van der Waals surface area contributed by atoms with Gasteiger partial charge in [0.15, 0.2) is 0 Å². The summed E-state index contributed by atoms with van der Waals surface area (Å²) in [7, 11) is 0. The van der Waals surface area contributed by atoms with Gasteiger partial charge in [-0.05, 0) is 11.6 Å². The van der Waals surface area contributed by atoms with Crippen LogP contribution in [-0.2, 0) is 11.2 Å². The first-order chi connectivity index (χ1) is 6.27. The average Bonchev–Trinajstić information content (AvgIpc) is 2.45. The molecule has 1 aromatic rings. The second-order valence-electron chi connectivity index (χ2n) is 2.63. The van der Waals surface area contributed by atoms with Gasteiger partial charge in [-0.2, -0.15) is 0 Å². The molecule has 0 saturated heterocycles. The zero-order chi connectivity index (χ0) is 9.68. The third kappa shape index (κ3) is 2.32. The number of fused-ring (bicyclic) bond motifs is 1. The van der Waals surface area contributed by atoms with Crippen molar-refractivity contribution in [2.24, 2.45) is 0 Å². The van der Waals surface area contributed by atoms with Crippen molar-refractivity contribution in [3.8, 4) is 0 Å². The molecule has 0 bridgehead atoms. The summed E-state index contributed by atoms with van der Waals surface area (Å²) in [6, 6.07) is 7.75. The van der Waals surface area contributed by atoms with Gasteiger partial charge >= 0.3 is 0 Å². The highest BCUT2D eigenvalue weighted by Gasteiger charge is 2.15. The van der Waals surface area contributed by atoms with Crippen molar-refractivity contribution in [3.05, 3.63) is 48.7 Å². The molecule has 2 heteroatoms. The minimum atomic E-state index is 0.0983. The van der Waals surface area contributed by atoms with Gasteiger partial charge in [-0.25, -0.2) is 0 Å². The van der Waals surface area contributed by atoms with Crippen molar-refractivity contribution in [3.63, 3.8) is 0 Å². The summed E-state index contributed by atoms with van der Waals surface area (Å²) in [5.74, 6) is 0.0983. The molecule has 0 saturated carbocycles. The number of para-hydroxylation sites is 1. The first-order valence-corrected chi connectivity index (χ1v) is 3.95. The molecule has 66 valence electrons. The lowest BCUT2D eigenvalue weighted by Gasteiger charge is -1.93. The Labute approximate surface area is 77.6 Å². The SMILES string of the molecule is C=C=C.O=C1Cc2ccccc2N1. The number of carbonyl (C=O) groups is 1. The second-order valence-corrected chi connectivity index (χ2v) is 2.63. The topological polar surface area (TPSA) is 29.1 Å². The molecule has 0 radical (unpaired) electrons. The van der Waals surface area contributed by atoms with Gasteiger partial charge in [-0.15, -0.1) is 5.73 Å². The molecule has 0 spiro atoms. The minimum Gasteiger partial charge on any atom is -0.326 e. The molecule has 1 aliphatic heterocycles. The lowest BCUT2D eigenvalue weighted by molar-refractivity contribution is -0.115. The van der Waals surface area contributed by atoms with E-state index in [0.29, 0.717) is 6.42 Å². The summed E-state index contributed by atoms with van der Waals surface area (Å²) >= 11 is 0. The first-order valence-electron chi connectivity index (χ1n) is 3.95. The van der Waals surface area contributed by atoms with Gasteiger partial charge in [0.1, 0.15) is 0 Å².